The molecule has 1 aromatic carbocycles. The maximum atomic E-state index is 10.1. The van der Waals surface area contributed by atoms with Gasteiger partial charge in [-0.15, -0.1) is 0 Å². The highest BCUT2D eigenvalue weighted by atomic mass is 16.5. The first-order valence-electron chi connectivity index (χ1n) is 7.56. The predicted octanol–water partition coefficient (Wildman–Crippen LogP) is 1.42. The molecule has 0 saturated carbocycles. The molecule has 1 aliphatic heterocycles. The Morgan fingerprint density at radius 3 is 2.60 bits per heavy atom. The van der Waals surface area contributed by atoms with E-state index in [2.05, 4.69) is 41.4 Å². The van der Waals surface area contributed by atoms with Crippen molar-refractivity contribution in [2.75, 3.05) is 39.4 Å². The monoisotopic (exact) mass is 278 g/mol. The van der Waals surface area contributed by atoms with E-state index in [0.29, 0.717) is 12.6 Å². The normalized spacial score (nSPS) is 19.7. The number of nitrogens with zero attached hydrogens (tertiary/aromatic N) is 1. The van der Waals surface area contributed by atoms with E-state index in [1.807, 2.05) is 6.07 Å². The minimum Gasteiger partial charge on any atom is -0.390 e. The maximum Gasteiger partial charge on any atom is 0.0791 e. The van der Waals surface area contributed by atoms with Crippen LogP contribution in [0.3, 0.4) is 0 Å². The average molecular weight is 278 g/mol. The number of ether oxygens (including phenoxy) is 1. The fourth-order valence-corrected chi connectivity index (χ4v) is 2.61. The van der Waals surface area contributed by atoms with Gasteiger partial charge in [-0.2, -0.15) is 0 Å². The Morgan fingerprint density at radius 1 is 1.25 bits per heavy atom. The van der Waals surface area contributed by atoms with Gasteiger partial charge in [0.25, 0.3) is 0 Å². The molecule has 20 heavy (non-hydrogen) atoms. The molecule has 1 heterocycles. The topological polar surface area (TPSA) is 44.7 Å². The molecule has 1 saturated heterocycles. The Labute approximate surface area is 121 Å². The van der Waals surface area contributed by atoms with Gasteiger partial charge in [0, 0.05) is 32.2 Å². The number of aliphatic hydroxyl groups excluding tert-OH is 1. The van der Waals surface area contributed by atoms with Gasteiger partial charge in [-0.3, -0.25) is 4.90 Å². The largest absolute Gasteiger partial charge is 0.390 e. The van der Waals surface area contributed by atoms with Crippen molar-refractivity contribution in [1.82, 2.24) is 10.2 Å². The standard InChI is InChI=1S/C16H26N2O2/c1-2-16(14-6-4-3-5-7-14)17-12-15(19)13-18-8-10-20-11-9-18/h3-7,15-17,19H,2,8-13H2,1H3. The van der Waals surface area contributed by atoms with Crippen molar-refractivity contribution < 1.29 is 9.84 Å². The molecule has 2 N–H and O–H groups in total. The van der Waals surface area contributed by atoms with Crippen LogP contribution in [0.15, 0.2) is 30.3 Å². The van der Waals surface area contributed by atoms with Crippen LogP contribution >= 0.6 is 0 Å². The number of rotatable bonds is 7. The van der Waals surface area contributed by atoms with Gasteiger partial charge < -0.3 is 15.2 Å². The summed E-state index contributed by atoms with van der Waals surface area (Å²) in [6.45, 7) is 6.93. The first-order chi connectivity index (χ1) is 9.79. The van der Waals surface area contributed by atoms with Gasteiger partial charge in [-0.05, 0) is 12.0 Å². The number of nitrogens with one attached hydrogen (secondary N) is 1. The van der Waals surface area contributed by atoms with Crippen molar-refractivity contribution >= 4 is 0 Å². The molecule has 2 unspecified atom stereocenters. The molecule has 1 aromatic rings. The summed E-state index contributed by atoms with van der Waals surface area (Å²) < 4.78 is 5.32. The van der Waals surface area contributed by atoms with E-state index in [0.717, 1.165) is 39.3 Å². The number of morpholine rings is 1. The van der Waals surface area contributed by atoms with Crippen LogP contribution in [0, 0.1) is 0 Å². The molecule has 4 nitrogen and oxygen atoms in total. The zero-order chi connectivity index (χ0) is 14.2. The summed E-state index contributed by atoms with van der Waals surface area (Å²) >= 11 is 0. The number of hydrogen-bond donors (Lipinski definition) is 2. The summed E-state index contributed by atoms with van der Waals surface area (Å²) in [5.74, 6) is 0. The summed E-state index contributed by atoms with van der Waals surface area (Å²) in [4.78, 5) is 2.26. The Hall–Kier alpha value is -0.940. The lowest BCUT2D eigenvalue weighted by molar-refractivity contribution is 0.0144. The quantitative estimate of drug-likeness (QED) is 0.792. The third-order valence-electron chi connectivity index (χ3n) is 3.78. The lowest BCUT2D eigenvalue weighted by Crippen LogP contribution is -2.44. The Bertz CT molecular complexity index is 366. The fourth-order valence-electron chi connectivity index (χ4n) is 2.61. The van der Waals surface area contributed by atoms with Crippen molar-refractivity contribution in [3.05, 3.63) is 35.9 Å². The second-order valence-corrected chi connectivity index (χ2v) is 5.35. The van der Waals surface area contributed by atoms with Crippen LogP contribution < -0.4 is 5.32 Å². The van der Waals surface area contributed by atoms with Crippen LogP contribution in [-0.4, -0.2) is 55.5 Å². The van der Waals surface area contributed by atoms with Gasteiger partial charge in [0.15, 0.2) is 0 Å². The van der Waals surface area contributed by atoms with E-state index in [1.165, 1.54) is 5.56 Å². The summed E-state index contributed by atoms with van der Waals surface area (Å²) in [5.41, 5.74) is 1.29. The molecular formula is C16H26N2O2. The third-order valence-corrected chi connectivity index (χ3v) is 3.78. The predicted molar refractivity (Wildman–Crippen MR) is 80.7 cm³/mol. The van der Waals surface area contributed by atoms with Gasteiger partial charge >= 0.3 is 0 Å². The van der Waals surface area contributed by atoms with E-state index < -0.39 is 0 Å². The third kappa shape index (κ3) is 4.87. The molecular weight excluding hydrogens is 252 g/mol. The van der Waals surface area contributed by atoms with Crippen LogP contribution in [0.2, 0.25) is 0 Å². The molecule has 2 atom stereocenters. The Balaban J connectivity index is 1.75. The first kappa shape index (κ1) is 15.4. The molecule has 0 aromatic heterocycles. The smallest absolute Gasteiger partial charge is 0.0791 e. The highest BCUT2D eigenvalue weighted by molar-refractivity contribution is 5.18. The number of β-amino-alcohol motifs (C(OH)–C–C–N with tert-alkyl or cyclic N) is 1. The Morgan fingerprint density at radius 2 is 1.95 bits per heavy atom. The molecule has 0 spiro atoms. The van der Waals surface area contributed by atoms with Crippen molar-refractivity contribution in [3.63, 3.8) is 0 Å². The van der Waals surface area contributed by atoms with Gasteiger partial charge in [-0.1, -0.05) is 37.3 Å². The maximum absolute atomic E-state index is 10.1. The Kier molecular flexibility index (Phi) is 6.47. The molecule has 112 valence electrons. The number of aliphatic hydroxyl groups is 1. The second kappa shape index (κ2) is 8.37. The average Bonchev–Trinajstić information content (AvgIpc) is 2.50. The van der Waals surface area contributed by atoms with Crippen LogP contribution in [0.5, 0.6) is 0 Å². The summed E-state index contributed by atoms with van der Waals surface area (Å²) in [6, 6.07) is 10.7. The minimum atomic E-state index is -0.328. The second-order valence-electron chi connectivity index (χ2n) is 5.35. The number of hydrogen-bond acceptors (Lipinski definition) is 4. The summed E-state index contributed by atoms with van der Waals surface area (Å²) in [5, 5.41) is 13.6. The SMILES string of the molecule is CCC(NCC(O)CN1CCOCC1)c1ccccc1. The summed E-state index contributed by atoms with van der Waals surface area (Å²) in [7, 11) is 0. The lowest BCUT2D eigenvalue weighted by Gasteiger charge is -2.29. The van der Waals surface area contributed by atoms with Crippen molar-refractivity contribution in [2.24, 2.45) is 0 Å². The minimum absolute atomic E-state index is 0.315. The van der Waals surface area contributed by atoms with Gasteiger partial charge in [0.2, 0.25) is 0 Å². The van der Waals surface area contributed by atoms with Gasteiger partial charge in [0.05, 0.1) is 19.3 Å². The van der Waals surface area contributed by atoms with Crippen LogP contribution in [-0.2, 0) is 4.74 Å². The highest BCUT2D eigenvalue weighted by Gasteiger charge is 2.16. The zero-order valence-corrected chi connectivity index (χ0v) is 12.3. The lowest BCUT2D eigenvalue weighted by atomic mass is 10.0. The van der Waals surface area contributed by atoms with Crippen molar-refractivity contribution in [2.45, 2.75) is 25.5 Å². The van der Waals surface area contributed by atoms with Crippen molar-refractivity contribution in [3.8, 4) is 0 Å². The van der Waals surface area contributed by atoms with E-state index in [9.17, 15) is 5.11 Å². The van der Waals surface area contributed by atoms with Crippen LogP contribution in [0.4, 0.5) is 0 Å². The van der Waals surface area contributed by atoms with E-state index in [-0.39, 0.29) is 6.10 Å². The highest BCUT2D eigenvalue weighted by Crippen LogP contribution is 2.15. The van der Waals surface area contributed by atoms with E-state index in [4.69, 9.17) is 4.74 Å². The van der Waals surface area contributed by atoms with Crippen LogP contribution in [0.25, 0.3) is 0 Å². The molecule has 1 aliphatic rings. The fraction of sp³-hybridized carbons (Fsp3) is 0.625. The first-order valence-corrected chi connectivity index (χ1v) is 7.56. The van der Waals surface area contributed by atoms with Gasteiger partial charge in [0.1, 0.15) is 0 Å². The van der Waals surface area contributed by atoms with E-state index in [1.54, 1.807) is 0 Å². The van der Waals surface area contributed by atoms with Gasteiger partial charge in [-0.25, -0.2) is 0 Å². The molecule has 0 radical (unpaired) electrons. The van der Waals surface area contributed by atoms with Crippen LogP contribution in [0.1, 0.15) is 24.9 Å². The zero-order valence-electron chi connectivity index (χ0n) is 12.3. The molecule has 0 amide bonds. The molecule has 0 bridgehead atoms. The van der Waals surface area contributed by atoms with Crippen molar-refractivity contribution in [1.29, 1.82) is 0 Å². The van der Waals surface area contributed by atoms with E-state index >= 15 is 0 Å². The molecule has 4 heteroatoms. The molecule has 1 fully saturated rings. The molecule has 0 aliphatic carbocycles. The number of benzene rings is 1. The molecule has 2 rings (SSSR count). The summed E-state index contributed by atoms with van der Waals surface area (Å²) in [6.07, 6.45) is 0.694.